The van der Waals surface area contributed by atoms with E-state index in [1.54, 1.807) is 35.2 Å². The van der Waals surface area contributed by atoms with Gasteiger partial charge in [-0.05, 0) is 49.1 Å². The van der Waals surface area contributed by atoms with Crippen molar-refractivity contribution < 1.29 is 14.0 Å². The van der Waals surface area contributed by atoms with Crippen LogP contribution in [0.4, 0.5) is 4.39 Å². The summed E-state index contributed by atoms with van der Waals surface area (Å²) in [4.78, 5) is 27.7. The molecule has 0 heterocycles. The van der Waals surface area contributed by atoms with Gasteiger partial charge in [-0.15, -0.1) is 11.8 Å². The first kappa shape index (κ1) is 25.2. The number of hydrogen-bond acceptors (Lipinski definition) is 3. The normalized spacial score (nSPS) is 12.8. The Bertz CT molecular complexity index is 863. The van der Waals surface area contributed by atoms with Gasteiger partial charge in [-0.1, -0.05) is 55.8 Å². The van der Waals surface area contributed by atoms with Crippen LogP contribution in [0.5, 0.6) is 0 Å². The third-order valence-electron chi connectivity index (χ3n) is 5.09. The largest absolute Gasteiger partial charge is 0.352 e. The van der Waals surface area contributed by atoms with E-state index < -0.39 is 6.04 Å². The molecule has 168 valence electrons. The fourth-order valence-electron chi connectivity index (χ4n) is 3.09. The molecular weight excluding hydrogens is 435 g/mol. The molecule has 1 N–H and O–H groups in total. The summed E-state index contributed by atoms with van der Waals surface area (Å²) in [6.45, 7) is 6.15. The molecule has 7 heteroatoms. The lowest BCUT2D eigenvalue weighted by Crippen LogP contribution is -2.51. The Kier molecular flexibility index (Phi) is 10.3. The Balaban J connectivity index is 2.14. The molecular formula is C24H30ClFN2O2S. The van der Waals surface area contributed by atoms with Crippen LogP contribution in [0, 0.1) is 5.82 Å². The Morgan fingerprint density at radius 3 is 2.39 bits per heavy atom. The molecule has 0 bridgehead atoms. The minimum absolute atomic E-state index is 0.0319. The highest BCUT2D eigenvalue weighted by Gasteiger charge is 2.29. The average Bonchev–Trinajstić information content (AvgIpc) is 2.76. The third-order valence-corrected chi connectivity index (χ3v) is 6.31. The molecule has 0 aromatic heterocycles. The molecule has 0 aliphatic carbocycles. The Hall–Kier alpha value is -2.05. The first-order chi connectivity index (χ1) is 14.8. The molecule has 0 saturated carbocycles. The summed E-state index contributed by atoms with van der Waals surface area (Å²) in [5, 5.41) is 3.60. The van der Waals surface area contributed by atoms with Gasteiger partial charge < -0.3 is 10.2 Å². The van der Waals surface area contributed by atoms with Gasteiger partial charge in [0.1, 0.15) is 11.9 Å². The summed E-state index contributed by atoms with van der Waals surface area (Å²) >= 11 is 7.33. The minimum atomic E-state index is -0.578. The van der Waals surface area contributed by atoms with E-state index in [0.717, 1.165) is 12.0 Å². The number of halogens is 2. The topological polar surface area (TPSA) is 49.4 Å². The summed E-state index contributed by atoms with van der Waals surface area (Å²) in [6.07, 6.45) is 1.31. The van der Waals surface area contributed by atoms with Gasteiger partial charge in [-0.25, -0.2) is 4.39 Å². The van der Waals surface area contributed by atoms with Crippen LogP contribution < -0.4 is 5.32 Å². The van der Waals surface area contributed by atoms with Gasteiger partial charge in [-0.2, -0.15) is 0 Å². The van der Waals surface area contributed by atoms with E-state index in [4.69, 9.17) is 11.6 Å². The van der Waals surface area contributed by atoms with Crippen molar-refractivity contribution in [2.24, 2.45) is 0 Å². The van der Waals surface area contributed by atoms with Gasteiger partial charge in [0.25, 0.3) is 0 Å². The maximum atomic E-state index is 13.9. The van der Waals surface area contributed by atoms with Gasteiger partial charge in [-0.3, -0.25) is 9.59 Å². The molecule has 0 saturated heterocycles. The monoisotopic (exact) mass is 464 g/mol. The Morgan fingerprint density at radius 1 is 1.10 bits per heavy atom. The number of hydrogen-bond donors (Lipinski definition) is 1. The highest BCUT2D eigenvalue weighted by atomic mass is 35.5. The Morgan fingerprint density at radius 2 is 1.77 bits per heavy atom. The van der Waals surface area contributed by atoms with Crippen LogP contribution in [-0.4, -0.2) is 34.6 Å². The third kappa shape index (κ3) is 7.86. The number of rotatable bonds is 11. The number of carbonyl (C=O) groups excluding carboxylic acids is 2. The molecule has 0 fully saturated rings. The molecule has 2 aromatic carbocycles. The molecule has 31 heavy (non-hydrogen) atoms. The average molecular weight is 465 g/mol. The molecule has 2 aromatic rings. The van der Waals surface area contributed by atoms with Crippen molar-refractivity contribution >= 4 is 35.2 Å². The van der Waals surface area contributed by atoms with Crippen LogP contribution in [-0.2, 0) is 21.9 Å². The van der Waals surface area contributed by atoms with E-state index >= 15 is 0 Å². The fraction of sp³-hybridized carbons (Fsp3) is 0.417. The fourth-order valence-corrected chi connectivity index (χ4v) is 4.12. The molecule has 0 unspecified atom stereocenters. The summed E-state index contributed by atoms with van der Waals surface area (Å²) in [7, 11) is 0. The van der Waals surface area contributed by atoms with Crippen molar-refractivity contribution in [3.05, 3.63) is 70.5 Å². The van der Waals surface area contributed by atoms with Gasteiger partial charge in [0.2, 0.25) is 11.8 Å². The van der Waals surface area contributed by atoms with Crippen LogP contribution in [0.3, 0.4) is 0 Å². The van der Waals surface area contributed by atoms with E-state index in [1.165, 1.54) is 17.8 Å². The van der Waals surface area contributed by atoms with Gasteiger partial charge in [0.05, 0.1) is 5.75 Å². The van der Waals surface area contributed by atoms with E-state index in [-0.39, 0.29) is 29.4 Å². The highest BCUT2D eigenvalue weighted by Crippen LogP contribution is 2.19. The number of nitrogens with zero attached hydrogens (tertiary/aromatic N) is 1. The lowest BCUT2D eigenvalue weighted by molar-refractivity contribution is -0.139. The zero-order chi connectivity index (χ0) is 22.8. The second-order valence-electron chi connectivity index (χ2n) is 7.47. The molecule has 0 spiro atoms. The van der Waals surface area contributed by atoms with Crippen molar-refractivity contribution in [2.45, 2.75) is 58.0 Å². The maximum Gasteiger partial charge on any atom is 0.243 e. The quantitative estimate of drug-likeness (QED) is 0.482. The predicted octanol–water partition coefficient (Wildman–Crippen LogP) is 5.43. The smallest absolute Gasteiger partial charge is 0.243 e. The van der Waals surface area contributed by atoms with Crippen LogP contribution in [0.25, 0.3) is 0 Å². The molecule has 2 atom stereocenters. The van der Waals surface area contributed by atoms with Crippen LogP contribution in [0.15, 0.2) is 48.5 Å². The number of benzene rings is 2. The standard InChI is InChI=1S/C24H30ClFN2O2S/c1-4-17(3)27-24(30)22(5-2)28(14-18-10-12-20(25)13-11-18)23(29)16-31-15-19-8-6-7-9-21(19)26/h6-13,17,22H,4-5,14-16H2,1-3H3,(H,27,30)/t17-,22+/m0/s1. The maximum absolute atomic E-state index is 13.9. The summed E-state index contributed by atoms with van der Waals surface area (Å²) in [6, 6.07) is 13.3. The zero-order valence-electron chi connectivity index (χ0n) is 18.2. The van der Waals surface area contributed by atoms with E-state index in [1.807, 2.05) is 32.9 Å². The lowest BCUT2D eigenvalue weighted by atomic mass is 10.1. The second-order valence-corrected chi connectivity index (χ2v) is 8.90. The summed E-state index contributed by atoms with van der Waals surface area (Å²) in [5.74, 6) is -0.0292. The number of amides is 2. The van der Waals surface area contributed by atoms with Crippen molar-refractivity contribution in [2.75, 3.05) is 5.75 Å². The van der Waals surface area contributed by atoms with Crippen LogP contribution in [0.1, 0.15) is 44.7 Å². The van der Waals surface area contributed by atoms with Crippen LogP contribution in [0.2, 0.25) is 5.02 Å². The lowest BCUT2D eigenvalue weighted by Gasteiger charge is -2.31. The first-order valence-corrected chi connectivity index (χ1v) is 12.0. The highest BCUT2D eigenvalue weighted by molar-refractivity contribution is 7.99. The molecule has 2 rings (SSSR count). The molecule has 0 aliphatic heterocycles. The van der Waals surface area contributed by atoms with E-state index in [0.29, 0.717) is 29.3 Å². The minimum Gasteiger partial charge on any atom is -0.352 e. The predicted molar refractivity (Wildman–Crippen MR) is 127 cm³/mol. The first-order valence-electron chi connectivity index (χ1n) is 10.5. The number of nitrogens with one attached hydrogen (secondary N) is 1. The van der Waals surface area contributed by atoms with Crippen LogP contribution >= 0.6 is 23.4 Å². The molecule has 4 nitrogen and oxygen atoms in total. The number of carbonyl (C=O) groups is 2. The van der Waals surface area contributed by atoms with E-state index in [9.17, 15) is 14.0 Å². The second kappa shape index (κ2) is 12.7. The number of thioether (sulfide) groups is 1. The van der Waals surface area contributed by atoms with Gasteiger partial charge in [0, 0.05) is 23.4 Å². The van der Waals surface area contributed by atoms with Gasteiger partial charge >= 0.3 is 0 Å². The summed E-state index contributed by atoms with van der Waals surface area (Å²) < 4.78 is 13.9. The molecule has 0 radical (unpaired) electrons. The van der Waals surface area contributed by atoms with Gasteiger partial charge in [0.15, 0.2) is 0 Å². The SMILES string of the molecule is CC[C@H](C(=O)N[C@@H](C)CC)N(Cc1ccc(Cl)cc1)C(=O)CSCc1ccccc1F. The van der Waals surface area contributed by atoms with Crippen molar-refractivity contribution in [3.8, 4) is 0 Å². The summed E-state index contributed by atoms with van der Waals surface area (Å²) in [5.41, 5.74) is 1.46. The molecule has 2 amide bonds. The zero-order valence-corrected chi connectivity index (χ0v) is 19.8. The Labute approximate surface area is 193 Å². The van der Waals surface area contributed by atoms with Crippen molar-refractivity contribution in [1.82, 2.24) is 10.2 Å². The molecule has 0 aliphatic rings. The van der Waals surface area contributed by atoms with E-state index in [2.05, 4.69) is 5.32 Å². The van der Waals surface area contributed by atoms with Crippen molar-refractivity contribution in [3.63, 3.8) is 0 Å². The van der Waals surface area contributed by atoms with Crippen molar-refractivity contribution in [1.29, 1.82) is 0 Å².